The minimum Gasteiger partial charge on any atom is -0.381 e. The summed E-state index contributed by atoms with van der Waals surface area (Å²) in [5, 5.41) is 0. The van der Waals surface area contributed by atoms with Crippen molar-refractivity contribution in [1.82, 2.24) is 9.88 Å². The van der Waals surface area contributed by atoms with Gasteiger partial charge in [0, 0.05) is 43.2 Å². The third-order valence-electron chi connectivity index (χ3n) is 3.99. The Morgan fingerprint density at radius 2 is 2.26 bits per heavy atom. The molecule has 3 heterocycles. The standard InChI is InChI=1S/C14H22N2O2S/c1-4-16(8-14-7-15-11-19-14)5-2-13(1)18-10-12-3-6-17-9-12/h7,11-13H,1-6,8-10H2/t12-/m1/s1. The van der Waals surface area contributed by atoms with Crippen molar-refractivity contribution in [3.63, 3.8) is 0 Å². The third kappa shape index (κ3) is 3.99. The number of nitrogens with zero attached hydrogens (tertiary/aromatic N) is 2. The van der Waals surface area contributed by atoms with Crippen molar-refractivity contribution in [2.75, 3.05) is 32.9 Å². The first kappa shape index (κ1) is 13.5. The number of hydrogen-bond acceptors (Lipinski definition) is 5. The summed E-state index contributed by atoms with van der Waals surface area (Å²) in [5.74, 6) is 0.634. The molecule has 0 radical (unpaired) electrons. The molecular weight excluding hydrogens is 260 g/mol. The molecular formula is C14H22N2O2S. The van der Waals surface area contributed by atoms with Gasteiger partial charge in [-0.25, -0.2) is 0 Å². The summed E-state index contributed by atoms with van der Waals surface area (Å²) in [5.41, 5.74) is 1.91. The minimum absolute atomic E-state index is 0.457. The van der Waals surface area contributed by atoms with Crippen molar-refractivity contribution in [2.45, 2.75) is 31.9 Å². The lowest BCUT2D eigenvalue weighted by atomic mass is 10.1. The number of likely N-dealkylation sites (tertiary alicyclic amines) is 1. The molecule has 3 rings (SSSR count). The number of ether oxygens (including phenoxy) is 2. The van der Waals surface area contributed by atoms with Gasteiger partial charge in [0.2, 0.25) is 0 Å². The number of thiazole rings is 1. The van der Waals surface area contributed by atoms with E-state index in [9.17, 15) is 0 Å². The van der Waals surface area contributed by atoms with E-state index in [2.05, 4.69) is 9.88 Å². The van der Waals surface area contributed by atoms with E-state index in [-0.39, 0.29) is 0 Å². The van der Waals surface area contributed by atoms with Gasteiger partial charge in [-0.1, -0.05) is 0 Å². The van der Waals surface area contributed by atoms with E-state index in [0.29, 0.717) is 12.0 Å². The smallest absolute Gasteiger partial charge is 0.0794 e. The van der Waals surface area contributed by atoms with E-state index in [1.807, 2.05) is 11.7 Å². The van der Waals surface area contributed by atoms with Gasteiger partial charge >= 0.3 is 0 Å². The van der Waals surface area contributed by atoms with E-state index in [4.69, 9.17) is 9.47 Å². The highest BCUT2D eigenvalue weighted by Crippen LogP contribution is 2.20. The molecule has 5 heteroatoms. The second-order valence-electron chi connectivity index (χ2n) is 5.51. The van der Waals surface area contributed by atoms with Gasteiger partial charge < -0.3 is 9.47 Å². The van der Waals surface area contributed by atoms with Gasteiger partial charge in [-0.3, -0.25) is 9.88 Å². The van der Waals surface area contributed by atoms with Crippen molar-refractivity contribution in [3.8, 4) is 0 Å². The van der Waals surface area contributed by atoms with Crippen LogP contribution in [0.5, 0.6) is 0 Å². The van der Waals surface area contributed by atoms with Crippen LogP contribution in [0, 0.1) is 5.92 Å². The summed E-state index contributed by atoms with van der Waals surface area (Å²) in [6.45, 7) is 6.03. The first-order chi connectivity index (χ1) is 9.40. The Balaban J connectivity index is 1.34. The zero-order valence-corrected chi connectivity index (χ0v) is 12.1. The summed E-state index contributed by atoms with van der Waals surface area (Å²) in [7, 11) is 0. The summed E-state index contributed by atoms with van der Waals surface area (Å²) < 4.78 is 11.4. The van der Waals surface area contributed by atoms with Gasteiger partial charge in [0.15, 0.2) is 0 Å². The summed E-state index contributed by atoms with van der Waals surface area (Å²) in [6, 6.07) is 0. The maximum atomic E-state index is 6.03. The molecule has 0 saturated carbocycles. The molecule has 1 aromatic rings. The number of rotatable bonds is 5. The molecule has 0 aromatic carbocycles. The van der Waals surface area contributed by atoms with Crippen LogP contribution < -0.4 is 0 Å². The molecule has 1 aromatic heterocycles. The average molecular weight is 282 g/mol. The quantitative estimate of drug-likeness (QED) is 0.829. The van der Waals surface area contributed by atoms with Crippen LogP contribution in [0.1, 0.15) is 24.1 Å². The SMILES string of the molecule is c1ncc(CN2CCC(OC[C@@H]3CCOC3)CC2)s1. The lowest BCUT2D eigenvalue weighted by molar-refractivity contribution is -0.0115. The fraction of sp³-hybridized carbons (Fsp3) is 0.786. The zero-order chi connectivity index (χ0) is 12.9. The minimum atomic E-state index is 0.457. The van der Waals surface area contributed by atoms with E-state index in [0.717, 1.165) is 52.3 Å². The Morgan fingerprint density at radius 1 is 1.37 bits per heavy atom. The molecule has 0 spiro atoms. The molecule has 2 aliphatic heterocycles. The molecule has 0 aliphatic carbocycles. The Bertz CT molecular complexity index is 358. The second-order valence-corrected chi connectivity index (χ2v) is 6.48. The number of piperidine rings is 1. The largest absolute Gasteiger partial charge is 0.381 e. The molecule has 2 fully saturated rings. The summed E-state index contributed by atoms with van der Waals surface area (Å²) in [6.07, 6.45) is 5.93. The molecule has 0 bridgehead atoms. The fourth-order valence-electron chi connectivity index (χ4n) is 2.76. The first-order valence-corrected chi connectivity index (χ1v) is 8.07. The van der Waals surface area contributed by atoms with Gasteiger partial charge in [0.1, 0.15) is 0 Å². The number of hydrogen-bond donors (Lipinski definition) is 0. The van der Waals surface area contributed by atoms with Crippen LogP contribution in [0.2, 0.25) is 0 Å². The maximum Gasteiger partial charge on any atom is 0.0794 e. The highest BCUT2D eigenvalue weighted by Gasteiger charge is 2.22. The predicted molar refractivity (Wildman–Crippen MR) is 75.3 cm³/mol. The van der Waals surface area contributed by atoms with Crippen molar-refractivity contribution in [3.05, 3.63) is 16.6 Å². The molecule has 1 atom stereocenters. The van der Waals surface area contributed by atoms with E-state index >= 15 is 0 Å². The predicted octanol–water partition coefficient (Wildman–Crippen LogP) is 2.16. The van der Waals surface area contributed by atoms with Crippen LogP contribution in [0.25, 0.3) is 0 Å². The zero-order valence-electron chi connectivity index (χ0n) is 11.3. The van der Waals surface area contributed by atoms with Gasteiger partial charge in [0.05, 0.1) is 24.8 Å². The van der Waals surface area contributed by atoms with Crippen molar-refractivity contribution >= 4 is 11.3 Å². The van der Waals surface area contributed by atoms with Crippen LogP contribution in [-0.2, 0) is 16.0 Å². The van der Waals surface area contributed by atoms with E-state index in [1.54, 1.807) is 11.3 Å². The number of aromatic nitrogens is 1. The molecule has 2 aliphatic rings. The van der Waals surface area contributed by atoms with Crippen molar-refractivity contribution < 1.29 is 9.47 Å². The Labute approximate surface area is 118 Å². The van der Waals surface area contributed by atoms with Crippen LogP contribution in [0.3, 0.4) is 0 Å². The Morgan fingerprint density at radius 3 is 2.95 bits per heavy atom. The second kappa shape index (κ2) is 6.79. The molecule has 4 nitrogen and oxygen atoms in total. The Hall–Kier alpha value is -0.490. The molecule has 0 N–H and O–H groups in total. The highest BCUT2D eigenvalue weighted by atomic mass is 32.1. The average Bonchev–Trinajstić information content (AvgIpc) is 3.11. The van der Waals surface area contributed by atoms with Gasteiger partial charge in [-0.15, -0.1) is 11.3 Å². The van der Waals surface area contributed by atoms with E-state index in [1.165, 1.54) is 11.3 Å². The van der Waals surface area contributed by atoms with Crippen molar-refractivity contribution in [2.24, 2.45) is 5.92 Å². The monoisotopic (exact) mass is 282 g/mol. The molecule has 0 amide bonds. The van der Waals surface area contributed by atoms with Gasteiger partial charge in [-0.2, -0.15) is 0 Å². The molecule has 0 unspecified atom stereocenters. The van der Waals surface area contributed by atoms with Crippen LogP contribution in [-0.4, -0.2) is 48.9 Å². The summed E-state index contributed by atoms with van der Waals surface area (Å²) >= 11 is 1.75. The van der Waals surface area contributed by atoms with Crippen molar-refractivity contribution in [1.29, 1.82) is 0 Å². The third-order valence-corrected chi connectivity index (χ3v) is 4.75. The van der Waals surface area contributed by atoms with Gasteiger partial charge in [0.25, 0.3) is 0 Å². The highest BCUT2D eigenvalue weighted by molar-refractivity contribution is 7.09. The molecule has 19 heavy (non-hydrogen) atoms. The fourth-order valence-corrected chi connectivity index (χ4v) is 3.40. The van der Waals surface area contributed by atoms with Crippen LogP contribution in [0.4, 0.5) is 0 Å². The van der Waals surface area contributed by atoms with Crippen LogP contribution >= 0.6 is 11.3 Å². The topological polar surface area (TPSA) is 34.6 Å². The lowest BCUT2D eigenvalue weighted by Crippen LogP contribution is -2.37. The molecule has 106 valence electrons. The lowest BCUT2D eigenvalue weighted by Gasteiger charge is -2.31. The molecule has 2 saturated heterocycles. The Kier molecular flexibility index (Phi) is 4.82. The first-order valence-electron chi connectivity index (χ1n) is 7.19. The maximum absolute atomic E-state index is 6.03. The summed E-state index contributed by atoms with van der Waals surface area (Å²) in [4.78, 5) is 8.00. The normalized spacial score (nSPS) is 26.0. The van der Waals surface area contributed by atoms with E-state index < -0.39 is 0 Å². The van der Waals surface area contributed by atoms with Gasteiger partial charge in [-0.05, 0) is 19.3 Å². The van der Waals surface area contributed by atoms with Crippen LogP contribution in [0.15, 0.2) is 11.7 Å².